The van der Waals surface area contributed by atoms with Gasteiger partial charge in [0.05, 0.1) is 11.5 Å². The Morgan fingerprint density at radius 3 is 2.53 bits per heavy atom. The Labute approximate surface area is 119 Å². The summed E-state index contributed by atoms with van der Waals surface area (Å²) < 4.78 is 14.1. The second-order valence-corrected chi connectivity index (χ2v) is 5.44. The highest BCUT2D eigenvalue weighted by Gasteiger charge is 2.22. The normalized spacial score (nSPS) is 12.3. The minimum absolute atomic E-state index is 0.0265. The fourth-order valence-electron chi connectivity index (χ4n) is 1.58. The first-order valence-corrected chi connectivity index (χ1v) is 6.58. The van der Waals surface area contributed by atoms with Crippen LogP contribution in [0.2, 0.25) is 0 Å². The molecule has 104 valence electrons. The predicted molar refractivity (Wildman–Crippen MR) is 72.4 cm³/mol. The quantitative estimate of drug-likeness (QED) is 0.871. The van der Waals surface area contributed by atoms with Crippen molar-refractivity contribution in [2.75, 3.05) is 6.54 Å². The summed E-state index contributed by atoms with van der Waals surface area (Å²) in [5.74, 6) is -3.05. The van der Waals surface area contributed by atoms with Crippen LogP contribution in [-0.2, 0) is 4.79 Å². The van der Waals surface area contributed by atoms with E-state index in [1.807, 2.05) is 0 Å². The molecule has 0 spiro atoms. The maximum Gasteiger partial charge on any atom is 0.308 e. The number of benzene rings is 1. The number of halogens is 2. The van der Waals surface area contributed by atoms with Gasteiger partial charge in [-0.05, 0) is 24.1 Å². The van der Waals surface area contributed by atoms with E-state index in [1.165, 1.54) is 12.1 Å². The summed E-state index contributed by atoms with van der Waals surface area (Å²) in [4.78, 5) is 22.7. The monoisotopic (exact) mass is 331 g/mol. The molecule has 1 rings (SSSR count). The molecule has 6 heteroatoms. The molecule has 0 saturated heterocycles. The van der Waals surface area contributed by atoms with E-state index in [4.69, 9.17) is 5.11 Å². The number of rotatable bonds is 5. The van der Waals surface area contributed by atoms with E-state index in [2.05, 4.69) is 21.2 Å². The maximum atomic E-state index is 13.5. The number of carboxylic acid groups (broad SMARTS) is 1. The Kier molecular flexibility index (Phi) is 5.47. The summed E-state index contributed by atoms with van der Waals surface area (Å²) in [5.41, 5.74) is -0.101. The van der Waals surface area contributed by atoms with Crippen molar-refractivity contribution in [3.63, 3.8) is 0 Å². The standard InChI is InChI=1S/C13H15BrFNO3/c1-7(2)10(13(18)19)6-16-12(17)9-4-3-8(14)5-11(9)15/h3-5,7,10H,6H2,1-2H3,(H,16,17)(H,18,19). The van der Waals surface area contributed by atoms with Gasteiger partial charge in [-0.2, -0.15) is 0 Å². The molecule has 0 saturated carbocycles. The molecule has 0 aromatic heterocycles. The Hall–Kier alpha value is -1.43. The van der Waals surface area contributed by atoms with Gasteiger partial charge in [-0.3, -0.25) is 9.59 Å². The van der Waals surface area contributed by atoms with Gasteiger partial charge in [0.1, 0.15) is 5.82 Å². The first-order chi connectivity index (χ1) is 8.82. The highest BCUT2D eigenvalue weighted by molar-refractivity contribution is 9.10. The van der Waals surface area contributed by atoms with Crippen LogP contribution in [0.15, 0.2) is 22.7 Å². The molecule has 0 aliphatic heterocycles. The molecule has 0 heterocycles. The van der Waals surface area contributed by atoms with Crippen LogP contribution in [0.5, 0.6) is 0 Å². The van der Waals surface area contributed by atoms with Crippen molar-refractivity contribution in [3.05, 3.63) is 34.1 Å². The van der Waals surface area contributed by atoms with E-state index in [1.54, 1.807) is 19.9 Å². The van der Waals surface area contributed by atoms with Crippen LogP contribution in [0.3, 0.4) is 0 Å². The molecule has 1 aromatic carbocycles. The number of amides is 1. The third kappa shape index (κ3) is 4.31. The van der Waals surface area contributed by atoms with Crippen molar-refractivity contribution >= 4 is 27.8 Å². The lowest BCUT2D eigenvalue weighted by atomic mass is 9.96. The molecule has 0 fully saturated rings. The second kappa shape index (κ2) is 6.65. The minimum Gasteiger partial charge on any atom is -0.481 e. The highest BCUT2D eigenvalue weighted by atomic mass is 79.9. The first-order valence-electron chi connectivity index (χ1n) is 5.79. The summed E-state index contributed by atoms with van der Waals surface area (Å²) in [5, 5.41) is 11.4. The SMILES string of the molecule is CC(C)C(CNC(=O)c1ccc(Br)cc1F)C(=O)O. The number of nitrogens with one attached hydrogen (secondary N) is 1. The molecule has 0 aliphatic rings. The van der Waals surface area contributed by atoms with Crippen LogP contribution in [0, 0.1) is 17.7 Å². The minimum atomic E-state index is -0.980. The first kappa shape index (κ1) is 15.6. The van der Waals surface area contributed by atoms with Crippen LogP contribution in [0.1, 0.15) is 24.2 Å². The summed E-state index contributed by atoms with van der Waals surface area (Å²) in [6.07, 6.45) is 0. The molecule has 1 amide bonds. The van der Waals surface area contributed by atoms with E-state index in [9.17, 15) is 14.0 Å². The van der Waals surface area contributed by atoms with Crippen molar-refractivity contribution < 1.29 is 19.1 Å². The molecule has 4 nitrogen and oxygen atoms in total. The number of carbonyl (C=O) groups is 2. The third-order valence-electron chi connectivity index (χ3n) is 2.78. The highest BCUT2D eigenvalue weighted by Crippen LogP contribution is 2.15. The smallest absolute Gasteiger partial charge is 0.308 e. The molecule has 0 bridgehead atoms. The van der Waals surface area contributed by atoms with Crippen LogP contribution in [-0.4, -0.2) is 23.5 Å². The van der Waals surface area contributed by atoms with Crippen LogP contribution in [0.25, 0.3) is 0 Å². The van der Waals surface area contributed by atoms with E-state index >= 15 is 0 Å². The fraction of sp³-hybridized carbons (Fsp3) is 0.385. The van der Waals surface area contributed by atoms with Crippen LogP contribution in [0.4, 0.5) is 4.39 Å². The maximum absolute atomic E-state index is 13.5. The van der Waals surface area contributed by atoms with Crippen LogP contribution >= 0.6 is 15.9 Å². The summed E-state index contributed by atoms with van der Waals surface area (Å²) in [6, 6.07) is 4.08. The molecule has 0 aliphatic carbocycles. The summed E-state index contributed by atoms with van der Waals surface area (Å²) >= 11 is 3.10. The predicted octanol–water partition coefficient (Wildman–Crippen LogP) is 2.67. The molecule has 1 unspecified atom stereocenters. The number of carbonyl (C=O) groups excluding carboxylic acids is 1. The number of aliphatic carboxylic acids is 1. The fourth-order valence-corrected chi connectivity index (χ4v) is 1.91. The van der Waals surface area contributed by atoms with Gasteiger partial charge in [0, 0.05) is 11.0 Å². The van der Waals surface area contributed by atoms with Gasteiger partial charge in [-0.1, -0.05) is 29.8 Å². The summed E-state index contributed by atoms with van der Waals surface area (Å²) in [7, 11) is 0. The zero-order valence-corrected chi connectivity index (χ0v) is 12.2. The van der Waals surface area contributed by atoms with Crippen molar-refractivity contribution in [1.29, 1.82) is 0 Å². The molecule has 1 aromatic rings. The Bertz CT molecular complexity index is 491. The van der Waals surface area contributed by atoms with Crippen molar-refractivity contribution in [2.45, 2.75) is 13.8 Å². The molecule has 1 atom stereocenters. The van der Waals surface area contributed by atoms with Crippen molar-refractivity contribution in [1.82, 2.24) is 5.32 Å². The average Bonchev–Trinajstić information content (AvgIpc) is 2.27. The van der Waals surface area contributed by atoms with Gasteiger partial charge in [-0.25, -0.2) is 4.39 Å². The van der Waals surface area contributed by atoms with Gasteiger partial charge in [0.25, 0.3) is 5.91 Å². The topological polar surface area (TPSA) is 66.4 Å². The molecule has 19 heavy (non-hydrogen) atoms. The molecule has 2 N–H and O–H groups in total. The van der Waals surface area contributed by atoms with Gasteiger partial charge < -0.3 is 10.4 Å². The molecule has 0 radical (unpaired) electrons. The van der Waals surface area contributed by atoms with E-state index in [0.29, 0.717) is 4.47 Å². The lowest BCUT2D eigenvalue weighted by Crippen LogP contribution is -2.35. The zero-order valence-electron chi connectivity index (χ0n) is 10.6. The summed E-state index contributed by atoms with van der Waals surface area (Å²) in [6.45, 7) is 3.48. The lowest BCUT2D eigenvalue weighted by Gasteiger charge is -2.16. The van der Waals surface area contributed by atoms with E-state index in [0.717, 1.165) is 0 Å². The Morgan fingerprint density at radius 2 is 2.05 bits per heavy atom. The van der Waals surface area contributed by atoms with Crippen molar-refractivity contribution in [2.24, 2.45) is 11.8 Å². The van der Waals surface area contributed by atoms with Crippen LogP contribution < -0.4 is 5.32 Å². The van der Waals surface area contributed by atoms with E-state index in [-0.39, 0.29) is 18.0 Å². The Morgan fingerprint density at radius 1 is 1.42 bits per heavy atom. The molecular weight excluding hydrogens is 317 g/mol. The van der Waals surface area contributed by atoms with Crippen molar-refractivity contribution in [3.8, 4) is 0 Å². The largest absolute Gasteiger partial charge is 0.481 e. The molecular formula is C13H15BrFNO3. The van der Waals surface area contributed by atoms with E-state index < -0.39 is 23.6 Å². The number of carboxylic acids is 1. The second-order valence-electron chi connectivity index (χ2n) is 4.52. The van der Waals surface area contributed by atoms with Gasteiger partial charge in [0.2, 0.25) is 0 Å². The van der Waals surface area contributed by atoms with Gasteiger partial charge >= 0.3 is 5.97 Å². The lowest BCUT2D eigenvalue weighted by molar-refractivity contribution is -0.142. The van der Waals surface area contributed by atoms with Gasteiger partial charge in [-0.15, -0.1) is 0 Å². The zero-order chi connectivity index (χ0) is 14.6. The number of hydrogen-bond donors (Lipinski definition) is 2. The van der Waals surface area contributed by atoms with Gasteiger partial charge in [0.15, 0.2) is 0 Å². The average molecular weight is 332 g/mol. The Balaban J connectivity index is 2.72. The third-order valence-corrected chi connectivity index (χ3v) is 3.27. The number of hydrogen-bond acceptors (Lipinski definition) is 2.